The van der Waals surface area contributed by atoms with Gasteiger partial charge in [-0.1, -0.05) is 5.16 Å². The number of hydrogen-bond donors (Lipinski definition) is 0. The molecular formula is C17H22N6O2. The topological polar surface area (TPSA) is 82.1 Å². The highest BCUT2D eigenvalue weighted by Gasteiger charge is 2.35. The minimum atomic E-state index is 0.118. The molecule has 3 aromatic heterocycles. The fourth-order valence-corrected chi connectivity index (χ4v) is 3.60. The summed E-state index contributed by atoms with van der Waals surface area (Å²) in [5.41, 5.74) is 1.76. The lowest BCUT2D eigenvalue weighted by atomic mass is 10.0. The van der Waals surface area contributed by atoms with Crippen LogP contribution in [0.25, 0.3) is 11.0 Å². The molecule has 8 heteroatoms. The van der Waals surface area contributed by atoms with Gasteiger partial charge in [0.15, 0.2) is 5.65 Å². The number of anilines is 1. The highest BCUT2D eigenvalue weighted by molar-refractivity contribution is 5.87. The van der Waals surface area contributed by atoms with Crippen LogP contribution in [0.1, 0.15) is 17.3 Å². The molecule has 4 heterocycles. The summed E-state index contributed by atoms with van der Waals surface area (Å²) >= 11 is 0. The summed E-state index contributed by atoms with van der Waals surface area (Å²) < 4.78 is 12.9. The second-order valence-corrected chi connectivity index (χ2v) is 6.68. The fourth-order valence-electron chi connectivity index (χ4n) is 3.60. The highest BCUT2D eigenvalue weighted by atomic mass is 16.5. The van der Waals surface area contributed by atoms with E-state index in [-0.39, 0.29) is 6.10 Å². The first-order valence-corrected chi connectivity index (χ1v) is 8.41. The lowest BCUT2D eigenvalue weighted by molar-refractivity contribution is 0.0813. The van der Waals surface area contributed by atoms with Crippen LogP contribution in [0.2, 0.25) is 0 Å². The molecule has 2 atom stereocenters. The number of nitrogens with zero attached hydrogens (tertiary/aromatic N) is 6. The van der Waals surface area contributed by atoms with Crippen molar-refractivity contribution in [2.75, 3.05) is 25.1 Å². The van der Waals surface area contributed by atoms with E-state index in [4.69, 9.17) is 9.26 Å². The zero-order valence-corrected chi connectivity index (χ0v) is 14.9. The molecule has 0 unspecified atom stereocenters. The average Bonchev–Trinajstić information content (AvgIpc) is 3.27. The molecular weight excluding hydrogens is 320 g/mol. The maximum absolute atomic E-state index is 5.73. The Morgan fingerprint density at radius 3 is 2.84 bits per heavy atom. The Balaban J connectivity index is 1.63. The van der Waals surface area contributed by atoms with Crippen LogP contribution in [-0.4, -0.2) is 51.2 Å². The fraction of sp³-hybridized carbons (Fsp3) is 0.529. The molecule has 0 aromatic carbocycles. The van der Waals surface area contributed by atoms with E-state index in [1.165, 1.54) is 0 Å². The van der Waals surface area contributed by atoms with Crippen molar-refractivity contribution in [1.29, 1.82) is 0 Å². The molecule has 132 valence electrons. The van der Waals surface area contributed by atoms with Crippen molar-refractivity contribution in [2.45, 2.75) is 26.4 Å². The van der Waals surface area contributed by atoms with Crippen molar-refractivity contribution in [2.24, 2.45) is 13.0 Å². The predicted molar refractivity (Wildman–Crippen MR) is 92.5 cm³/mol. The standard InChI is InChI=1S/C17H22N6O2/c1-10-5-13(25-21-10)6-12-8-23(9-15(12)24-4)17-14-7-18-22(3)16(14)19-11(2)20-17/h5,7,12,15H,6,8-9H2,1-4H3/t12-,15+/m1/s1. The molecule has 0 spiro atoms. The van der Waals surface area contributed by atoms with Gasteiger partial charge in [0.2, 0.25) is 0 Å². The third-order valence-electron chi connectivity index (χ3n) is 4.81. The summed E-state index contributed by atoms with van der Waals surface area (Å²) in [6.07, 6.45) is 2.75. The lowest BCUT2D eigenvalue weighted by Gasteiger charge is -2.18. The summed E-state index contributed by atoms with van der Waals surface area (Å²) in [5, 5.41) is 9.28. The molecule has 1 aliphatic rings. The van der Waals surface area contributed by atoms with Gasteiger partial charge in [0.25, 0.3) is 0 Å². The molecule has 0 aliphatic carbocycles. The molecule has 0 amide bonds. The van der Waals surface area contributed by atoms with Crippen LogP contribution in [-0.2, 0) is 18.2 Å². The van der Waals surface area contributed by atoms with Crippen LogP contribution < -0.4 is 4.90 Å². The van der Waals surface area contributed by atoms with Crippen LogP contribution in [0.3, 0.4) is 0 Å². The van der Waals surface area contributed by atoms with Crippen molar-refractivity contribution in [3.63, 3.8) is 0 Å². The lowest BCUT2D eigenvalue weighted by Crippen LogP contribution is -2.24. The Bertz CT molecular complexity index is 902. The van der Waals surface area contributed by atoms with Crippen molar-refractivity contribution in [3.05, 3.63) is 29.5 Å². The van der Waals surface area contributed by atoms with Gasteiger partial charge >= 0.3 is 0 Å². The normalized spacial score (nSPS) is 20.7. The van der Waals surface area contributed by atoms with Gasteiger partial charge in [-0.05, 0) is 13.8 Å². The Labute approximate surface area is 145 Å². The van der Waals surface area contributed by atoms with E-state index in [2.05, 4.69) is 25.1 Å². The number of hydrogen-bond acceptors (Lipinski definition) is 7. The van der Waals surface area contributed by atoms with E-state index in [9.17, 15) is 0 Å². The van der Waals surface area contributed by atoms with Gasteiger partial charge < -0.3 is 14.2 Å². The van der Waals surface area contributed by atoms with E-state index < -0.39 is 0 Å². The number of aromatic nitrogens is 5. The summed E-state index contributed by atoms with van der Waals surface area (Å²) in [6.45, 7) is 5.48. The Hall–Kier alpha value is -2.48. The molecule has 0 saturated carbocycles. The molecule has 1 fully saturated rings. The van der Waals surface area contributed by atoms with Crippen molar-refractivity contribution >= 4 is 16.9 Å². The molecule has 0 radical (unpaired) electrons. The summed E-state index contributed by atoms with van der Waals surface area (Å²) in [6, 6.07) is 1.99. The summed E-state index contributed by atoms with van der Waals surface area (Å²) in [7, 11) is 3.66. The summed E-state index contributed by atoms with van der Waals surface area (Å²) in [4.78, 5) is 11.4. The van der Waals surface area contributed by atoms with Crippen molar-refractivity contribution in [1.82, 2.24) is 24.9 Å². The first-order chi connectivity index (χ1) is 12.0. The monoisotopic (exact) mass is 342 g/mol. The maximum atomic E-state index is 5.73. The Kier molecular flexibility index (Phi) is 3.91. The minimum Gasteiger partial charge on any atom is -0.379 e. The van der Waals surface area contributed by atoms with Crippen LogP contribution in [0, 0.1) is 19.8 Å². The van der Waals surface area contributed by atoms with E-state index >= 15 is 0 Å². The van der Waals surface area contributed by atoms with Gasteiger partial charge in [-0.15, -0.1) is 0 Å². The van der Waals surface area contributed by atoms with E-state index in [1.54, 1.807) is 11.8 Å². The van der Waals surface area contributed by atoms with Crippen molar-refractivity contribution < 1.29 is 9.26 Å². The molecule has 3 aromatic rings. The third kappa shape index (κ3) is 2.86. The Morgan fingerprint density at radius 1 is 1.28 bits per heavy atom. The third-order valence-corrected chi connectivity index (χ3v) is 4.81. The zero-order chi connectivity index (χ0) is 17.6. The quantitative estimate of drug-likeness (QED) is 0.713. The van der Waals surface area contributed by atoms with Crippen LogP contribution in [0.5, 0.6) is 0 Å². The molecule has 8 nitrogen and oxygen atoms in total. The van der Waals surface area contributed by atoms with Gasteiger partial charge in [0.05, 0.1) is 23.4 Å². The Morgan fingerprint density at radius 2 is 2.12 bits per heavy atom. The molecule has 25 heavy (non-hydrogen) atoms. The minimum absolute atomic E-state index is 0.118. The largest absolute Gasteiger partial charge is 0.379 e. The number of methoxy groups -OCH3 is 1. The van der Waals surface area contributed by atoms with Crippen LogP contribution in [0.15, 0.2) is 16.8 Å². The SMILES string of the molecule is CO[C@H]1CN(c2nc(C)nc3c2cnn3C)C[C@H]1Cc1cc(C)no1. The highest BCUT2D eigenvalue weighted by Crippen LogP contribution is 2.31. The number of ether oxygens (including phenoxy) is 1. The molecule has 1 saturated heterocycles. The average molecular weight is 342 g/mol. The van der Waals surface area contributed by atoms with E-state index in [0.717, 1.165) is 53.6 Å². The molecule has 4 rings (SSSR count). The van der Waals surface area contributed by atoms with Crippen molar-refractivity contribution in [3.8, 4) is 0 Å². The number of fused-ring (bicyclic) bond motifs is 1. The molecule has 1 aliphatic heterocycles. The van der Waals surface area contributed by atoms with Gasteiger partial charge in [0, 0.05) is 45.7 Å². The number of rotatable bonds is 4. The van der Waals surface area contributed by atoms with Crippen LogP contribution in [0.4, 0.5) is 5.82 Å². The van der Waals surface area contributed by atoms with E-state index in [0.29, 0.717) is 5.92 Å². The first kappa shape index (κ1) is 16.0. The van der Waals surface area contributed by atoms with Gasteiger partial charge in [-0.25, -0.2) is 9.97 Å². The maximum Gasteiger partial charge on any atom is 0.163 e. The van der Waals surface area contributed by atoms with Gasteiger partial charge in [-0.2, -0.15) is 5.10 Å². The van der Waals surface area contributed by atoms with Gasteiger partial charge in [0.1, 0.15) is 17.4 Å². The molecule has 0 N–H and O–H groups in total. The number of aryl methyl sites for hydroxylation is 3. The van der Waals surface area contributed by atoms with E-state index in [1.807, 2.05) is 33.2 Å². The molecule has 0 bridgehead atoms. The smallest absolute Gasteiger partial charge is 0.163 e. The summed E-state index contributed by atoms with van der Waals surface area (Å²) in [5.74, 6) is 2.89. The van der Waals surface area contributed by atoms with Crippen LogP contribution >= 0.6 is 0 Å². The zero-order valence-electron chi connectivity index (χ0n) is 14.9. The van der Waals surface area contributed by atoms with Gasteiger partial charge in [-0.3, -0.25) is 4.68 Å². The second-order valence-electron chi connectivity index (χ2n) is 6.68. The second kappa shape index (κ2) is 6.11. The first-order valence-electron chi connectivity index (χ1n) is 8.41. The predicted octanol–water partition coefficient (Wildman–Crippen LogP) is 1.66.